The number of rotatable bonds is 4. The first-order chi connectivity index (χ1) is 9.44. The lowest BCUT2D eigenvalue weighted by atomic mass is 9.87. The lowest BCUT2D eigenvalue weighted by Crippen LogP contribution is -2.50. The quantitative estimate of drug-likeness (QED) is 0.861. The number of carbonyl (C=O) groups is 1. The lowest BCUT2D eigenvalue weighted by molar-refractivity contribution is -0.142. The van der Waals surface area contributed by atoms with E-state index in [1.54, 1.807) is 7.11 Å². The molecule has 116 valence electrons. The average molecular weight is 283 g/mol. The molecular weight excluding hydrogens is 254 g/mol. The van der Waals surface area contributed by atoms with E-state index in [0.29, 0.717) is 6.42 Å². The van der Waals surface area contributed by atoms with E-state index in [-0.39, 0.29) is 24.0 Å². The van der Waals surface area contributed by atoms with Crippen molar-refractivity contribution in [1.82, 2.24) is 4.90 Å². The number of aliphatic hydroxyl groups is 1. The van der Waals surface area contributed by atoms with Crippen LogP contribution in [0.1, 0.15) is 58.8 Å². The van der Waals surface area contributed by atoms with E-state index in [1.807, 2.05) is 18.7 Å². The first kappa shape index (κ1) is 15.8. The molecule has 4 heteroatoms. The summed E-state index contributed by atoms with van der Waals surface area (Å²) in [5.41, 5.74) is -0.409. The highest BCUT2D eigenvalue weighted by Crippen LogP contribution is 2.35. The number of nitrogens with zero attached hydrogens (tertiary/aromatic N) is 1. The van der Waals surface area contributed by atoms with E-state index >= 15 is 0 Å². The van der Waals surface area contributed by atoms with E-state index in [9.17, 15) is 9.90 Å². The Morgan fingerprint density at radius 3 is 2.60 bits per heavy atom. The van der Waals surface area contributed by atoms with Crippen molar-refractivity contribution in [2.24, 2.45) is 5.92 Å². The van der Waals surface area contributed by atoms with Gasteiger partial charge in [-0.1, -0.05) is 6.42 Å². The van der Waals surface area contributed by atoms with E-state index in [2.05, 4.69) is 0 Å². The van der Waals surface area contributed by atoms with Gasteiger partial charge in [0.25, 0.3) is 0 Å². The SMILES string of the molecule is COC(C)(C)CC(=O)N1CCCCC1C1CCCC1O. The Morgan fingerprint density at radius 1 is 1.25 bits per heavy atom. The third-order valence-corrected chi connectivity index (χ3v) is 5.02. The first-order valence-electron chi connectivity index (χ1n) is 7.97. The molecular formula is C16H29NO3. The van der Waals surface area contributed by atoms with Crippen molar-refractivity contribution in [3.63, 3.8) is 0 Å². The van der Waals surface area contributed by atoms with Gasteiger partial charge in [0, 0.05) is 25.6 Å². The largest absolute Gasteiger partial charge is 0.393 e. The smallest absolute Gasteiger partial charge is 0.225 e. The van der Waals surface area contributed by atoms with Gasteiger partial charge in [-0.3, -0.25) is 4.79 Å². The van der Waals surface area contributed by atoms with Crippen molar-refractivity contribution < 1.29 is 14.6 Å². The van der Waals surface area contributed by atoms with Gasteiger partial charge < -0.3 is 14.7 Å². The molecule has 4 nitrogen and oxygen atoms in total. The molecule has 1 amide bonds. The molecule has 0 aromatic rings. The summed E-state index contributed by atoms with van der Waals surface area (Å²) in [6.07, 6.45) is 6.54. The maximum Gasteiger partial charge on any atom is 0.225 e. The molecule has 0 bridgehead atoms. The van der Waals surface area contributed by atoms with Crippen LogP contribution in [0.2, 0.25) is 0 Å². The Balaban J connectivity index is 2.04. The topological polar surface area (TPSA) is 49.8 Å². The molecule has 2 fully saturated rings. The number of hydrogen-bond donors (Lipinski definition) is 1. The zero-order chi connectivity index (χ0) is 14.8. The second-order valence-electron chi connectivity index (χ2n) is 6.95. The van der Waals surface area contributed by atoms with Gasteiger partial charge in [-0.25, -0.2) is 0 Å². The van der Waals surface area contributed by atoms with Crippen molar-refractivity contribution in [1.29, 1.82) is 0 Å². The maximum atomic E-state index is 12.6. The molecule has 3 unspecified atom stereocenters. The molecule has 1 saturated heterocycles. The second-order valence-corrected chi connectivity index (χ2v) is 6.95. The summed E-state index contributed by atoms with van der Waals surface area (Å²) in [5.74, 6) is 0.463. The molecule has 0 aromatic heterocycles. The van der Waals surface area contributed by atoms with Crippen LogP contribution in [0.3, 0.4) is 0 Å². The van der Waals surface area contributed by atoms with Gasteiger partial charge in [0.1, 0.15) is 0 Å². The molecule has 1 saturated carbocycles. The van der Waals surface area contributed by atoms with Crippen LogP contribution in [0.25, 0.3) is 0 Å². The Morgan fingerprint density at radius 2 is 2.00 bits per heavy atom. The van der Waals surface area contributed by atoms with E-state index in [4.69, 9.17) is 4.74 Å². The zero-order valence-electron chi connectivity index (χ0n) is 13.1. The van der Waals surface area contributed by atoms with Crippen molar-refractivity contribution in [2.45, 2.75) is 76.5 Å². The minimum atomic E-state index is -0.409. The third-order valence-electron chi connectivity index (χ3n) is 5.02. The molecule has 1 aliphatic heterocycles. The van der Waals surface area contributed by atoms with E-state index < -0.39 is 5.60 Å². The predicted molar refractivity (Wildman–Crippen MR) is 78.4 cm³/mol. The summed E-state index contributed by atoms with van der Waals surface area (Å²) >= 11 is 0. The van der Waals surface area contributed by atoms with Crippen LogP contribution >= 0.6 is 0 Å². The van der Waals surface area contributed by atoms with Crippen LogP contribution in [0.15, 0.2) is 0 Å². The Kier molecular flexibility index (Phi) is 5.08. The standard InChI is InChI=1S/C16H29NO3/c1-16(2,20-3)11-15(19)17-10-5-4-8-13(17)12-7-6-9-14(12)18/h12-14,18H,4-11H2,1-3H3. The van der Waals surface area contributed by atoms with Gasteiger partial charge in [-0.15, -0.1) is 0 Å². The van der Waals surface area contributed by atoms with Crippen LogP contribution in [-0.4, -0.2) is 47.3 Å². The number of ether oxygens (including phenoxy) is 1. The Hall–Kier alpha value is -0.610. The minimum Gasteiger partial charge on any atom is -0.393 e. The number of aliphatic hydroxyl groups excluding tert-OH is 1. The van der Waals surface area contributed by atoms with Crippen molar-refractivity contribution >= 4 is 5.91 Å². The molecule has 1 heterocycles. The summed E-state index contributed by atoms with van der Waals surface area (Å²) in [6.45, 7) is 4.75. The molecule has 2 rings (SSSR count). The molecule has 1 N–H and O–H groups in total. The van der Waals surface area contributed by atoms with Gasteiger partial charge in [-0.05, 0) is 46.0 Å². The normalized spacial score (nSPS) is 31.6. The van der Waals surface area contributed by atoms with Crippen LogP contribution in [0.5, 0.6) is 0 Å². The predicted octanol–water partition coefficient (Wildman–Crippen LogP) is 2.34. The Labute approximate surface area is 122 Å². The van der Waals surface area contributed by atoms with Crippen LogP contribution in [0.4, 0.5) is 0 Å². The van der Waals surface area contributed by atoms with Crippen LogP contribution in [0, 0.1) is 5.92 Å². The molecule has 1 aliphatic carbocycles. The molecule has 20 heavy (non-hydrogen) atoms. The summed E-state index contributed by atoms with van der Waals surface area (Å²) in [7, 11) is 1.65. The summed E-state index contributed by atoms with van der Waals surface area (Å²) in [6, 6.07) is 0.237. The van der Waals surface area contributed by atoms with Gasteiger partial charge >= 0.3 is 0 Å². The number of amides is 1. The van der Waals surface area contributed by atoms with E-state index in [1.165, 1.54) is 6.42 Å². The number of likely N-dealkylation sites (tertiary alicyclic amines) is 1. The first-order valence-corrected chi connectivity index (χ1v) is 7.97. The highest BCUT2D eigenvalue weighted by molar-refractivity contribution is 5.77. The molecule has 0 spiro atoms. The van der Waals surface area contributed by atoms with E-state index in [0.717, 1.165) is 38.6 Å². The van der Waals surface area contributed by atoms with Crippen molar-refractivity contribution in [3.8, 4) is 0 Å². The zero-order valence-corrected chi connectivity index (χ0v) is 13.1. The molecule has 0 aromatic carbocycles. The van der Waals surface area contributed by atoms with Gasteiger partial charge in [0.2, 0.25) is 5.91 Å². The van der Waals surface area contributed by atoms with Crippen LogP contribution < -0.4 is 0 Å². The molecule has 0 radical (unpaired) electrons. The number of carbonyl (C=O) groups excluding carboxylic acids is 1. The molecule has 3 atom stereocenters. The fraction of sp³-hybridized carbons (Fsp3) is 0.938. The monoisotopic (exact) mass is 283 g/mol. The summed E-state index contributed by atoms with van der Waals surface area (Å²) < 4.78 is 5.38. The second kappa shape index (κ2) is 6.44. The third kappa shape index (κ3) is 3.53. The molecule has 2 aliphatic rings. The van der Waals surface area contributed by atoms with Crippen LogP contribution in [-0.2, 0) is 9.53 Å². The minimum absolute atomic E-state index is 0.181. The average Bonchev–Trinajstić information content (AvgIpc) is 2.84. The van der Waals surface area contributed by atoms with Gasteiger partial charge in [0.05, 0.1) is 18.1 Å². The number of piperidine rings is 1. The fourth-order valence-corrected chi connectivity index (χ4v) is 3.67. The Bertz CT molecular complexity index is 343. The highest BCUT2D eigenvalue weighted by Gasteiger charge is 2.39. The summed E-state index contributed by atoms with van der Waals surface area (Å²) in [5, 5.41) is 10.2. The van der Waals surface area contributed by atoms with Gasteiger partial charge in [-0.2, -0.15) is 0 Å². The van der Waals surface area contributed by atoms with Gasteiger partial charge in [0.15, 0.2) is 0 Å². The number of hydrogen-bond acceptors (Lipinski definition) is 3. The van der Waals surface area contributed by atoms with Crippen molar-refractivity contribution in [3.05, 3.63) is 0 Å². The number of methoxy groups -OCH3 is 1. The fourth-order valence-electron chi connectivity index (χ4n) is 3.67. The highest BCUT2D eigenvalue weighted by atomic mass is 16.5. The lowest BCUT2D eigenvalue weighted by Gasteiger charge is -2.41. The van der Waals surface area contributed by atoms with Crippen molar-refractivity contribution in [2.75, 3.05) is 13.7 Å². The summed E-state index contributed by atoms with van der Waals surface area (Å²) in [4.78, 5) is 14.6. The maximum absolute atomic E-state index is 12.6.